The molecule has 3 nitrogen and oxygen atoms in total. The summed E-state index contributed by atoms with van der Waals surface area (Å²) < 4.78 is 4.52. The van der Waals surface area contributed by atoms with Crippen LogP contribution in [0.5, 0.6) is 0 Å². The van der Waals surface area contributed by atoms with Gasteiger partial charge in [0.1, 0.15) is 0 Å². The molecule has 0 radical (unpaired) electrons. The Hall–Kier alpha value is -0.830. The van der Waals surface area contributed by atoms with E-state index in [-0.39, 0.29) is 12.6 Å². The fraction of sp³-hybridized carbons (Fsp3) is 0.625. The predicted molar refractivity (Wildman–Crippen MR) is 42.1 cm³/mol. The Labute approximate surface area is 66.7 Å². The molecule has 0 aliphatic rings. The fourth-order valence-electron chi connectivity index (χ4n) is 0.791. The maximum Gasteiger partial charge on any atom is 0.333 e. The first-order valence-electron chi connectivity index (χ1n) is 3.49. The van der Waals surface area contributed by atoms with Crippen molar-refractivity contribution in [1.82, 2.24) is 0 Å². The predicted octanol–water partition coefficient (Wildman–Crippen LogP) is 0.878. The SMILES string of the molecule is COC(=O)C(CCO)=C(C)C. The van der Waals surface area contributed by atoms with Gasteiger partial charge in [0, 0.05) is 18.6 Å². The number of rotatable bonds is 3. The molecule has 0 aliphatic carbocycles. The van der Waals surface area contributed by atoms with Crippen molar-refractivity contribution in [3.8, 4) is 0 Å². The molecule has 11 heavy (non-hydrogen) atoms. The monoisotopic (exact) mass is 158 g/mol. The van der Waals surface area contributed by atoms with Crippen LogP contribution < -0.4 is 0 Å². The normalized spacial score (nSPS) is 9.09. The summed E-state index contributed by atoms with van der Waals surface area (Å²) in [5, 5.41) is 8.59. The summed E-state index contributed by atoms with van der Waals surface area (Å²) >= 11 is 0. The smallest absolute Gasteiger partial charge is 0.333 e. The van der Waals surface area contributed by atoms with E-state index in [9.17, 15) is 4.79 Å². The molecule has 0 saturated carbocycles. The lowest BCUT2D eigenvalue weighted by molar-refractivity contribution is -0.136. The van der Waals surface area contributed by atoms with E-state index in [0.717, 1.165) is 5.57 Å². The lowest BCUT2D eigenvalue weighted by atomic mass is 10.1. The van der Waals surface area contributed by atoms with E-state index in [2.05, 4.69) is 4.74 Å². The number of hydrogen-bond acceptors (Lipinski definition) is 3. The van der Waals surface area contributed by atoms with Crippen LogP contribution in [0.4, 0.5) is 0 Å². The molecule has 64 valence electrons. The molecular weight excluding hydrogens is 144 g/mol. The third-order valence-corrected chi connectivity index (χ3v) is 1.40. The lowest BCUT2D eigenvalue weighted by Gasteiger charge is -2.04. The number of esters is 1. The summed E-state index contributed by atoms with van der Waals surface area (Å²) in [4.78, 5) is 11.0. The molecule has 3 heteroatoms. The van der Waals surface area contributed by atoms with E-state index in [0.29, 0.717) is 12.0 Å². The van der Waals surface area contributed by atoms with Crippen molar-refractivity contribution in [3.05, 3.63) is 11.1 Å². The summed E-state index contributed by atoms with van der Waals surface area (Å²) in [7, 11) is 1.34. The second-order valence-electron chi connectivity index (χ2n) is 2.44. The molecule has 0 unspecified atom stereocenters. The summed E-state index contributed by atoms with van der Waals surface area (Å²) in [5.74, 6) is -0.348. The molecule has 1 N–H and O–H groups in total. The van der Waals surface area contributed by atoms with Gasteiger partial charge in [-0.25, -0.2) is 4.79 Å². The van der Waals surface area contributed by atoms with Crippen molar-refractivity contribution >= 4 is 5.97 Å². The Balaban J connectivity index is 4.36. The van der Waals surface area contributed by atoms with Gasteiger partial charge < -0.3 is 9.84 Å². The average Bonchev–Trinajstić information content (AvgIpc) is 1.98. The molecule has 0 heterocycles. The van der Waals surface area contributed by atoms with Gasteiger partial charge in [0.05, 0.1) is 7.11 Å². The maximum absolute atomic E-state index is 11.0. The first kappa shape index (κ1) is 10.2. The number of carbonyl (C=O) groups excluding carboxylic acids is 1. The van der Waals surface area contributed by atoms with Gasteiger partial charge >= 0.3 is 5.97 Å². The van der Waals surface area contributed by atoms with Crippen LogP contribution in [0.15, 0.2) is 11.1 Å². The van der Waals surface area contributed by atoms with Crippen LogP contribution in [-0.4, -0.2) is 24.8 Å². The van der Waals surface area contributed by atoms with E-state index in [1.165, 1.54) is 7.11 Å². The van der Waals surface area contributed by atoms with E-state index < -0.39 is 0 Å². The largest absolute Gasteiger partial charge is 0.466 e. The Morgan fingerprint density at radius 3 is 2.27 bits per heavy atom. The number of allylic oxidation sites excluding steroid dienone is 1. The van der Waals surface area contributed by atoms with E-state index in [1.54, 1.807) is 0 Å². The minimum absolute atomic E-state index is 0.0182. The van der Waals surface area contributed by atoms with Crippen LogP contribution in [0.1, 0.15) is 20.3 Å². The van der Waals surface area contributed by atoms with Gasteiger partial charge in [-0.2, -0.15) is 0 Å². The standard InChI is InChI=1S/C8H14O3/c1-6(2)7(4-5-9)8(10)11-3/h9H,4-5H2,1-3H3. The topological polar surface area (TPSA) is 46.5 Å². The average molecular weight is 158 g/mol. The van der Waals surface area contributed by atoms with Crippen LogP contribution in [0.25, 0.3) is 0 Å². The molecule has 0 atom stereocenters. The maximum atomic E-state index is 11.0. The highest BCUT2D eigenvalue weighted by Crippen LogP contribution is 2.08. The Morgan fingerprint density at radius 2 is 2.00 bits per heavy atom. The lowest BCUT2D eigenvalue weighted by Crippen LogP contribution is -2.07. The van der Waals surface area contributed by atoms with Crippen LogP contribution >= 0.6 is 0 Å². The number of methoxy groups -OCH3 is 1. The van der Waals surface area contributed by atoms with E-state index >= 15 is 0 Å². The number of aliphatic hydroxyl groups is 1. The molecular formula is C8H14O3. The molecule has 0 aromatic heterocycles. The van der Waals surface area contributed by atoms with E-state index in [4.69, 9.17) is 5.11 Å². The van der Waals surface area contributed by atoms with Gasteiger partial charge in [-0.05, 0) is 13.8 Å². The first-order chi connectivity index (χ1) is 5.13. The van der Waals surface area contributed by atoms with Gasteiger partial charge in [0.15, 0.2) is 0 Å². The molecule has 0 rings (SSSR count). The number of carbonyl (C=O) groups is 1. The second-order valence-corrected chi connectivity index (χ2v) is 2.44. The molecule has 0 aliphatic heterocycles. The third-order valence-electron chi connectivity index (χ3n) is 1.40. The molecule has 0 saturated heterocycles. The third kappa shape index (κ3) is 3.18. The molecule has 0 fully saturated rings. The summed E-state index contributed by atoms with van der Waals surface area (Å²) in [5.41, 5.74) is 1.46. The summed E-state index contributed by atoms with van der Waals surface area (Å²) in [6, 6.07) is 0. The molecule has 0 amide bonds. The van der Waals surface area contributed by atoms with Crippen LogP contribution in [0.2, 0.25) is 0 Å². The summed E-state index contributed by atoms with van der Waals surface area (Å²) in [6.45, 7) is 3.62. The Kier molecular flexibility index (Phi) is 4.54. The van der Waals surface area contributed by atoms with E-state index in [1.807, 2.05) is 13.8 Å². The van der Waals surface area contributed by atoms with Gasteiger partial charge in [-0.15, -0.1) is 0 Å². The van der Waals surface area contributed by atoms with Crippen molar-refractivity contribution in [2.24, 2.45) is 0 Å². The van der Waals surface area contributed by atoms with Crippen LogP contribution in [0, 0.1) is 0 Å². The van der Waals surface area contributed by atoms with Crippen LogP contribution in [0.3, 0.4) is 0 Å². The Bertz CT molecular complexity index is 166. The van der Waals surface area contributed by atoms with Crippen molar-refractivity contribution < 1.29 is 14.6 Å². The molecule has 0 bridgehead atoms. The van der Waals surface area contributed by atoms with Crippen LogP contribution in [-0.2, 0) is 9.53 Å². The first-order valence-corrected chi connectivity index (χ1v) is 3.49. The summed E-state index contributed by atoms with van der Waals surface area (Å²) in [6.07, 6.45) is 0.370. The number of ether oxygens (including phenoxy) is 1. The second kappa shape index (κ2) is 4.91. The van der Waals surface area contributed by atoms with Crippen molar-refractivity contribution in [2.45, 2.75) is 20.3 Å². The molecule has 0 spiro atoms. The van der Waals surface area contributed by atoms with Crippen molar-refractivity contribution in [1.29, 1.82) is 0 Å². The van der Waals surface area contributed by atoms with Gasteiger partial charge in [-0.3, -0.25) is 0 Å². The van der Waals surface area contributed by atoms with Crippen molar-refractivity contribution in [3.63, 3.8) is 0 Å². The highest BCUT2D eigenvalue weighted by molar-refractivity contribution is 5.89. The fourth-order valence-corrected chi connectivity index (χ4v) is 0.791. The molecule has 0 aromatic carbocycles. The van der Waals surface area contributed by atoms with Crippen molar-refractivity contribution in [2.75, 3.05) is 13.7 Å². The highest BCUT2D eigenvalue weighted by atomic mass is 16.5. The number of aliphatic hydroxyl groups excluding tert-OH is 1. The zero-order valence-corrected chi connectivity index (χ0v) is 7.18. The minimum atomic E-state index is -0.348. The zero-order chi connectivity index (χ0) is 8.85. The van der Waals surface area contributed by atoms with Gasteiger partial charge in [0.25, 0.3) is 0 Å². The highest BCUT2D eigenvalue weighted by Gasteiger charge is 2.09. The molecule has 0 aromatic rings. The van der Waals surface area contributed by atoms with Gasteiger partial charge in [-0.1, -0.05) is 5.57 Å². The van der Waals surface area contributed by atoms with Gasteiger partial charge in [0.2, 0.25) is 0 Å². The Morgan fingerprint density at radius 1 is 1.45 bits per heavy atom. The quantitative estimate of drug-likeness (QED) is 0.490. The zero-order valence-electron chi connectivity index (χ0n) is 7.18. The minimum Gasteiger partial charge on any atom is -0.466 e. The number of hydrogen-bond donors (Lipinski definition) is 1.